The maximum atomic E-state index is 12.4. The van der Waals surface area contributed by atoms with Gasteiger partial charge in [0.05, 0.1) is 18.4 Å². The van der Waals surface area contributed by atoms with Gasteiger partial charge in [-0.2, -0.15) is 13.2 Å². The smallest absolute Gasteiger partial charge is 0.416 e. The summed E-state index contributed by atoms with van der Waals surface area (Å²) in [4.78, 5) is 0. The van der Waals surface area contributed by atoms with E-state index in [-0.39, 0.29) is 0 Å². The number of ether oxygens (including phenoxy) is 1. The maximum absolute atomic E-state index is 12.4. The number of alkyl halides is 3. The van der Waals surface area contributed by atoms with Crippen molar-refractivity contribution in [3.8, 4) is 0 Å². The second-order valence-corrected chi connectivity index (χ2v) is 3.77. The minimum Gasteiger partial charge on any atom is -0.502 e. The molecule has 0 bridgehead atoms. The molecule has 1 N–H and O–H groups in total. The summed E-state index contributed by atoms with van der Waals surface area (Å²) >= 11 is 0. The van der Waals surface area contributed by atoms with Gasteiger partial charge in [0, 0.05) is 6.54 Å². The van der Waals surface area contributed by atoms with Crippen molar-refractivity contribution >= 4 is 0 Å². The fourth-order valence-corrected chi connectivity index (χ4v) is 1.45. The largest absolute Gasteiger partial charge is 0.502 e. The van der Waals surface area contributed by atoms with Crippen LogP contribution in [0.2, 0.25) is 0 Å². The summed E-state index contributed by atoms with van der Waals surface area (Å²) in [5.41, 5.74) is 0.00579. The van der Waals surface area contributed by atoms with Gasteiger partial charge in [-0.05, 0) is 24.6 Å². The molecule has 0 radical (unpaired) electrons. The van der Waals surface area contributed by atoms with Gasteiger partial charge >= 0.3 is 6.18 Å². The van der Waals surface area contributed by atoms with Crippen LogP contribution in [-0.4, -0.2) is 13.2 Å². The standard InChI is InChI=1S/C13H16F3NO/c1-2-18-8-4-7-17-10-11-5-3-6-12(9-11)13(14,15)16/h2-3,5-6,9,17H,1,4,7-8,10H2. The van der Waals surface area contributed by atoms with E-state index in [1.165, 1.54) is 12.3 Å². The highest BCUT2D eigenvalue weighted by molar-refractivity contribution is 5.25. The minimum atomic E-state index is -4.28. The van der Waals surface area contributed by atoms with Crippen molar-refractivity contribution in [3.63, 3.8) is 0 Å². The summed E-state index contributed by atoms with van der Waals surface area (Å²) in [7, 11) is 0. The van der Waals surface area contributed by atoms with E-state index < -0.39 is 11.7 Å². The van der Waals surface area contributed by atoms with Crippen molar-refractivity contribution in [3.05, 3.63) is 48.2 Å². The third kappa shape index (κ3) is 5.23. The number of hydrogen-bond donors (Lipinski definition) is 1. The van der Waals surface area contributed by atoms with Crippen molar-refractivity contribution < 1.29 is 17.9 Å². The van der Waals surface area contributed by atoms with Gasteiger partial charge in [0.1, 0.15) is 0 Å². The van der Waals surface area contributed by atoms with Crippen molar-refractivity contribution in [2.75, 3.05) is 13.2 Å². The highest BCUT2D eigenvalue weighted by atomic mass is 19.4. The molecule has 0 aliphatic heterocycles. The van der Waals surface area contributed by atoms with Crippen LogP contribution in [0.5, 0.6) is 0 Å². The molecular formula is C13H16F3NO. The van der Waals surface area contributed by atoms with Gasteiger partial charge in [0.15, 0.2) is 0 Å². The molecule has 0 unspecified atom stereocenters. The van der Waals surface area contributed by atoms with Gasteiger partial charge in [-0.25, -0.2) is 0 Å². The van der Waals surface area contributed by atoms with Crippen LogP contribution in [0.4, 0.5) is 13.2 Å². The predicted octanol–water partition coefficient (Wildman–Crippen LogP) is 3.35. The molecule has 1 aromatic rings. The number of halogens is 3. The molecule has 0 spiro atoms. The van der Waals surface area contributed by atoms with E-state index in [9.17, 15) is 13.2 Å². The Morgan fingerprint density at radius 1 is 1.33 bits per heavy atom. The molecular weight excluding hydrogens is 243 g/mol. The lowest BCUT2D eigenvalue weighted by molar-refractivity contribution is -0.137. The average molecular weight is 259 g/mol. The lowest BCUT2D eigenvalue weighted by Crippen LogP contribution is -2.16. The minimum absolute atomic E-state index is 0.415. The van der Waals surface area contributed by atoms with Crippen LogP contribution in [0, 0.1) is 0 Å². The predicted molar refractivity (Wildman–Crippen MR) is 63.9 cm³/mol. The Balaban J connectivity index is 2.36. The summed E-state index contributed by atoms with van der Waals surface area (Å²) in [5.74, 6) is 0. The number of rotatable bonds is 7. The highest BCUT2D eigenvalue weighted by Gasteiger charge is 2.30. The molecule has 0 fully saturated rings. The quantitative estimate of drug-likeness (QED) is 0.599. The van der Waals surface area contributed by atoms with Crippen LogP contribution in [0.25, 0.3) is 0 Å². The summed E-state index contributed by atoms with van der Waals surface area (Å²) in [6.45, 7) is 5.06. The Morgan fingerprint density at radius 2 is 2.11 bits per heavy atom. The van der Waals surface area contributed by atoms with E-state index in [4.69, 9.17) is 4.74 Å². The molecule has 1 rings (SSSR count). The van der Waals surface area contributed by atoms with E-state index in [0.717, 1.165) is 18.6 Å². The number of hydrogen-bond acceptors (Lipinski definition) is 2. The van der Waals surface area contributed by atoms with Gasteiger partial charge in [0.2, 0.25) is 0 Å². The molecule has 0 saturated carbocycles. The first-order chi connectivity index (χ1) is 8.54. The van der Waals surface area contributed by atoms with E-state index in [1.54, 1.807) is 6.07 Å². The van der Waals surface area contributed by atoms with Crippen molar-refractivity contribution in [2.45, 2.75) is 19.1 Å². The topological polar surface area (TPSA) is 21.3 Å². The Morgan fingerprint density at radius 3 is 2.78 bits per heavy atom. The van der Waals surface area contributed by atoms with Gasteiger partial charge < -0.3 is 10.1 Å². The van der Waals surface area contributed by atoms with E-state index in [0.29, 0.717) is 25.3 Å². The van der Waals surface area contributed by atoms with E-state index in [2.05, 4.69) is 11.9 Å². The lowest BCUT2D eigenvalue weighted by Gasteiger charge is -2.09. The van der Waals surface area contributed by atoms with Crippen molar-refractivity contribution in [1.82, 2.24) is 5.32 Å². The van der Waals surface area contributed by atoms with Crippen LogP contribution in [-0.2, 0) is 17.5 Å². The fourth-order valence-electron chi connectivity index (χ4n) is 1.45. The van der Waals surface area contributed by atoms with Crippen LogP contribution in [0.1, 0.15) is 17.5 Å². The monoisotopic (exact) mass is 259 g/mol. The molecule has 5 heteroatoms. The second kappa shape index (κ2) is 7.06. The Hall–Kier alpha value is -1.49. The first-order valence-corrected chi connectivity index (χ1v) is 5.63. The second-order valence-electron chi connectivity index (χ2n) is 3.77. The molecule has 2 nitrogen and oxygen atoms in total. The van der Waals surface area contributed by atoms with Crippen LogP contribution in [0.3, 0.4) is 0 Å². The maximum Gasteiger partial charge on any atom is 0.416 e. The summed E-state index contributed by atoms with van der Waals surface area (Å²) in [5, 5.41) is 3.06. The first-order valence-electron chi connectivity index (χ1n) is 5.63. The zero-order valence-corrected chi connectivity index (χ0v) is 9.96. The van der Waals surface area contributed by atoms with Gasteiger partial charge in [-0.1, -0.05) is 24.8 Å². The normalized spacial score (nSPS) is 11.3. The summed E-state index contributed by atoms with van der Waals surface area (Å²) in [6.07, 6.45) is -2.13. The van der Waals surface area contributed by atoms with Crippen LogP contribution in [0.15, 0.2) is 37.1 Å². The zero-order valence-electron chi connectivity index (χ0n) is 9.96. The molecule has 0 aromatic heterocycles. The average Bonchev–Trinajstić information content (AvgIpc) is 2.33. The summed E-state index contributed by atoms with van der Waals surface area (Å²) < 4.78 is 42.3. The third-order valence-electron chi connectivity index (χ3n) is 2.32. The molecule has 0 amide bonds. The SMILES string of the molecule is C=COCCCNCc1cccc(C(F)(F)F)c1. The Bertz CT molecular complexity index is 377. The van der Waals surface area contributed by atoms with Crippen LogP contribution < -0.4 is 5.32 Å². The summed E-state index contributed by atoms with van der Waals surface area (Å²) in [6, 6.07) is 5.32. The van der Waals surface area contributed by atoms with Gasteiger partial charge in [-0.15, -0.1) is 0 Å². The molecule has 1 aromatic carbocycles. The van der Waals surface area contributed by atoms with E-state index in [1.807, 2.05) is 0 Å². The molecule has 0 saturated heterocycles. The lowest BCUT2D eigenvalue weighted by atomic mass is 10.1. The molecule has 18 heavy (non-hydrogen) atoms. The molecule has 0 aliphatic carbocycles. The van der Waals surface area contributed by atoms with Crippen molar-refractivity contribution in [2.24, 2.45) is 0 Å². The third-order valence-corrected chi connectivity index (χ3v) is 2.32. The molecule has 100 valence electrons. The van der Waals surface area contributed by atoms with Gasteiger partial charge in [0.25, 0.3) is 0 Å². The Labute approximate surface area is 104 Å². The first kappa shape index (κ1) is 14.6. The number of nitrogens with one attached hydrogen (secondary N) is 1. The highest BCUT2D eigenvalue weighted by Crippen LogP contribution is 2.29. The molecule has 0 aliphatic rings. The molecule has 0 atom stereocenters. The van der Waals surface area contributed by atoms with E-state index >= 15 is 0 Å². The van der Waals surface area contributed by atoms with Gasteiger partial charge in [-0.3, -0.25) is 0 Å². The Kier molecular flexibility index (Phi) is 5.71. The van der Waals surface area contributed by atoms with Crippen molar-refractivity contribution in [1.29, 1.82) is 0 Å². The van der Waals surface area contributed by atoms with Crippen LogP contribution >= 0.6 is 0 Å². The fraction of sp³-hybridized carbons (Fsp3) is 0.385. The molecule has 0 heterocycles. The zero-order chi connectivity index (χ0) is 13.4. The number of benzene rings is 1.